The summed E-state index contributed by atoms with van der Waals surface area (Å²) < 4.78 is 0. The monoisotopic (exact) mass is 268 g/mol. The zero-order valence-electron chi connectivity index (χ0n) is 11.4. The lowest BCUT2D eigenvalue weighted by Crippen LogP contribution is -2.54. The van der Waals surface area contributed by atoms with Crippen molar-refractivity contribution in [3.05, 3.63) is 10.6 Å². The zero-order chi connectivity index (χ0) is 13.5. The number of thiazole rings is 1. The highest BCUT2D eigenvalue weighted by Gasteiger charge is 2.43. The van der Waals surface area contributed by atoms with Crippen LogP contribution in [0.15, 0.2) is 0 Å². The Labute approximate surface area is 112 Å². The van der Waals surface area contributed by atoms with Gasteiger partial charge in [0.05, 0.1) is 5.69 Å². The van der Waals surface area contributed by atoms with Crippen molar-refractivity contribution in [1.82, 2.24) is 4.98 Å². The van der Waals surface area contributed by atoms with Crippen molar-refractivity contribution < 1.29 is 9.90 Å². The van der Waals surface area contributed by atoms with Gasteiger partial charge in [0.1, 0.15) is 6.04 Å². The molecule has 5 heteroatoms. The number of aromatic nitrogens is 1. The van der Waals surface area contributed by atoms with Crippen molar-refractivity contribution in [2.45, 2.75) is 46.6 Å². The predicted octanol–water partition coefficient (Wildman–Crippen LogP) is 2.84. The summed E-state index contributed by atoms with van der Waals surface area (Å²) >= 11 is 1.59. The second kappa shape index (κ2) is 4.53. The lowest BCUT2D eigenvalue weighted by molar-refractivity contribution is -0.142. The van der Waals surface area contributed by atoms with E-state index in [0.29, 0.717) is 0 Å². The number of hydrogen-bond acceptors (Lipinski definition) is 4. The van der Waals surface area contributed by atoms with E-state index in [1.807, 2.05) is 32.6 Å². The number of piperidine rings is 1. The van der Waals surface area contributed by atoms with Crippen molar-refractivity contribution in [3.8, 4) is 0 Å². The van der Waals surface area contributed by atoms with Crippen LogP contribution < -0.4 is 4.90 Å². The van der Waals surface area contributed by atoms with E-state index in [2.05, 4.69) is 4.98 Å². The Balaban J connectivity index is 2.38. The molecule has 1 N–H and O–H groups in total. The van der Waals surface area contributed by atoms with Crippen LogP contribution in [0.3, 0.4) is 0 Å². The zero-order valence-corrected chi connectivity index (χ0v) is 12.2. The number of carboxylic acids is 1. The predicted molar refractivity (Wildman–Crippen MR) is 73.4 cm³/mol. The SMILES string of the molecule is Cc1nc(N2CCCC(C)(C)C2C(=O)O)sc1C. The average Bonchev–Trinajstić information content (AvgIpc) is 2.56. The van der Waals surface area contributed by atoms with Gasteiger partial charge in [0.25, 0.3) is 0 Å². The van der Waals surface area contributed by atoms with Crippen molar-refractivity contribution in [1.29, 1.82) is 0 Å². The van der Waals surface area contributed by atoms with E-state index in [9.17, 15) is 9.90 Å². The highest BCUT2D eigenvalue weighted by Crippen LogP contribution is 2.39. The molecule has 1 aliphatic rings. The molecular formula is C13H20N2O2S. The lowest BCUT2D eigenvalue weighted by Gasteiger charge is -2.43. The van der Waals surface area contributed by atoms with Gasteiger partial charge in [-0.25, -0.2) is 9.78 Å². The Bertz CT molecular complexity index is 448. The van der Waals surface area contributed by atoms with Gasteiger partial charge in [-0.2, -0.15) is 0 Å². The molecule has 4 nitrogen and oxygen atoms in total. The first-order valence-electron chi connectivity index (χ1n) is 6.26. The molecule has 0 bridgehead atoms. The molecule has 1 fully saturated rings. The number of aryl methyl sites for hydroxylation is 2. The second-order valence-corrected chi connectivity index (χ2v) is 6.85. The standard InChI is InChI=1S/C13H20N2O2S/c1-8-9(2)18-12(14-8)15-7-5-6-13(3,4)10(15)11(16)17/h10H,5-7H2,1-4H3,(H,16,17). The summed E-state index contributed by atoms with van der Waals surface area (Å²) in [6.07, 6.45) is 1.97. The van der Waals surface area contributed by atoms with Crippen molar-refractivity contribution >= 4 is 22.4 Å². The number of hydrogen-bond donors (Lipinski definition) is 1. The van der Waals surface area contributed by atoms with E-state index in [4.69, 9.17) is 0 Å². The fourth-order valence-electron chi connectivity index (χ4n) is 2.65. The second-order valence-electron chi connectivity index (χ2n) is 5.66. The Morgan fingerprint density at radius 1 is 1.50 bits per heavy atom. The van der Waals surface area contributed by atoms with Crippen LogP contribution in [0.25, 0.3) is 0 Å². The van der Waals surface area contributed by atoms with Gasteiger partial charge in [-0.15, -0.1) is 11.3 Å². The summed E-state index contributed by atoms with van der Waals surface area (Å²) in [7, 11) is 0. The maximum absolute atomic E-state index is 11.6. The van der Waals surface area contributed by atoms with Crippen LogP contribution in [-0.4, -0.2) is 28.6 Å². The Morgan fingerprint density at radius 3 is 2.67 bits per heavy atom. The van der Waals surface area contributed by atoms with E-state index >= 15 is 0 Å². The fourth-order valence-corrected chi connectivity index (χ4v) is 3.61. The molecule has 0 spiro atoms. The van der Waals surface area contributed by atoms with E-state index in [0.717, 1.165) is 35.1 Å². The molecule has 0 radical (unpaired) electrons. The third kappa shape index (κ3) is 2.23. The maximum atomic E-state index is 11.6. The van der Waals surface area contributed by atoms with E-state index in [-0.39, 0.29) is 5.41 Å². The quantitative estimate of drug-likeness (QED) is 0.896. The third-order valence-corrected chi connectivity index (χ3v) is 4.88. The number of anilines is 1. The normalized spacial score (nSPS) is 23.1. The lowest BCUT2D eigenvalue weighted by atomic mass is 9.76. The molecule has 18 heavy (non-hydrogen) atoms. The third-order valence-electron chi connectivity index (χ3n) is 3.77. The molecule has 0 saturated carbocycles. The van der Waals surface area contributed by atoms with E-state index < -0.39 is 12.0 Å². The first-order valence-corrected chi connectivity index (χ1v) is 7.08. The molecular weight excluding hydrogens is 248 g/mol. The molecule has 1 saturated heterocycles. The molecule has 0 aromatic carbocycles. The number of aliphatic carboxylic acids is 1. The highest BCUT2D eigenvalue weighted by molar-refractivity contribution is 7.15. The van der Waals surface area contributed by atoms with Gasteiger partial charge in [0.2, 0.25) is 0 Å². The summed E-state index contributed by atoms with van der Waals surface area (Å²) in [6, 6.07) is -0.476. The van der Waals surface area contributed by atoms with Crippen LogP contribution in [0.2, 0.25) is 0 Å². The molecule has 100 valence electrons. The first kappa shape index (κ1) is 13.3. The van der Waals surface area contributed by atoms with Gasteiger partial charge < -0.3 is 10.0 Å². The number of carboxylic acid groups (broad SMARTS) is 1. The van der Waals surface area contributed by atoms with Crippen molar-refractivity contribution in [3.63, 3.8) is 0 Å². The molecule has 1 atom stereocenters. The highest BCUT2D eigenvalue weighted by atomic mass is 32.1. The van der Waals surface area contributed by atoms with Gasteiger partial charge in [-0.1, -0.05) is 13.8 Å². The van der Waals surface area contributed by atoms with Crippen LogP contribution in [0.5, 0.6) is 0 Å². The molecule has 1 aromatic rings. The minimum absolute atomic E-state index is 0.211. The van der Waals surface area contributed by atoms with Crippen LogP contribution >= 0.6 is 11.3 Å². The minimum Gasteiger partial charge on any atom is -0.480 e. The van der Waals surface area contributed by atoms with Crippen LogP contribution in [0, 0.1) is 19.3 Å². The Morgan fingerprint density at radius 2 is 2.17 bits per heavy atom. The topological polar surface area (TPSA) is 53.4 Å². The van der Waals surface area contributed by atoms with E-state index in [1.165, 1.54) is 0 Å². The summed E-state index contributed by atoms with van der Waals surface area (Å²) in [5.74, 6) is -0.745. The van der Waals surface area contributed by atoms with Crippen LogP contribution in [0.1, 0.15) is 37.3 Å². The summed E-state index contributed by atoms with van der Waals surface area (Å²) in [5.41, 5.74) is 0.792. The minimum atomic E-state index is -0.745. The van der Waals surface area contributed by atoms with Crippen molar-refractivity contribution in [2.24, 2.45) is 5.41 Å². The van der Waals surface area contributed by atoms with Crippen molar-refractivity contribution in [2.75, 3.05) is 11.4 Å². The number of carbonyl (C=O) groups is 1. The molecule has 2 heterocycles. The summed E-state index contributed by atoms with van der Waals surface area (Å²) in [5, 5.41) is 10.4. The number of nitrogens with zero attached hydrogens (tertiary/aromatic N) is 2. The van der Waals surface area contributed by atoms with Gasteiger partial charge in [0.15, 0.2) is 5.13 Å². The Kier molecular flexibility index (Phi) is 3.36. The van der Waals surface area contributed by atoms with Gasteiger partial charge in [-0.05, 0) is 32.1 Å². The van der Waals surface area contributed by atoms with Gasteiger partial charge in [0, 0.05) is 11.4 Å². The molecule has 2 rings (SSSR count). The van der Waals surface area contributed by atoms with Crippen LogP contribution in [0.4, 0.5) is 5.13 Å². The molecule has 1 aromatic heterocycles. The fraction of sp³-hybridized carbons (Fsp3) is 0.692. The molecule has 0 amide bonds. The van der Waals surface area contributed by atoms with E-state index in [1.54, 1.807) is 11.3 Å². The number of rotatable bonds is 2. The van der Waals surface area contributed by atoms with Gasteiger partial charge in [-0.3, -0.25) is 0 Å². The first-order chi connectivity index (χ1) is 8.33. The Hall–Kier alpha value is -1.10. The summed E-state index contributed by atoms with van der Waals surface area (Å²) in [6.45, 7) is 8.85. The molecule has 1 unspecified atom stereocenters. The van der Waals surface area contributed by atoms with Gasteiger partial charge >= 0.3 is 5.97 Å². The maximum Gasteiger partial charge on any atom is 0.326 e. The van der Waals surface area contributed by atoms with Crippen LogP contribution in [-0.2, 0) is 4.79 Å². The molecule has 1 aliphatic heterocycles. The smallest absolute Gasteiger partial charge is 0.326 e. The summed E-state index contributed by atoms with van der Waals surface area (Å²) in [4.78, 5) is 19.2. The largest absolute Gasteiger partial charge is 0.480 e. The average molecular weight is 268 g/mol. The molecule has 0 aliphatic carbocycles.